The van der Waals surface area contributed by atoms with Gasteiger partial charge in [0, 0.05) is 17.5 Å². The Morgan fingerprint density at radius 1 is 1.58 bits per heavy atom. The molecule has 68 valence electrons. The molecule has 0 bridgehead atoms. The summed E-state index contributed by atoms with van der Waals surface area (Å²) in [4.78, 5) is 1.18. The van der Waals surface area contributed by atoms with Gasteiger partial charge >= 0.3 is 0 Å². The van der Waals surface area contributed by atoms with Crippen LogP contribution in [0.1, 0.15) is 23.8 Å². The van der Waals surface area contributed by atoms with Crippen LogP contribution >= 0.6 is 27.3 Å². The summed E-state index contributed by atoms with van der Waals surface area (Å²) in [6.45, 7) is 0.222. The topological polar surface area (TPSA) is 46.2 Å². The lowest BCUT2D eigenvalue weighted by molar-refractivity contribution is 0.280. The standard InChI is InChI=1S/C8H12BrNOS/c9-8-4-3-7(12-8)6(10)2-1-5-11/h3-4,6,11H,1-2,5,10H2/t6-/m0/s1. The Labute approximate surface area is 84.5 Å². The SMILES string of the molecule is N[C@@H](CCCO)c1ccc(Br)s1. The van der Waals surface area contributed by atoms with E-state index in [0.717, 1.165) is 16.6 Å². The van der Waals surface area contributed by atoms with Gasteiger partial charge in [-0.3, -0.25) is 0 Å². The Kier molecular flexibility index (Phi) is 4.21. The van der Waals surface area contributed by atoms with Crippen molar-refractivity contribution >= 4 is 27.3 Å². The van der Waals surface area contributed by atoms with Crippen LogP contribution in [0.3, 0.4) is 0 Å². The molecule has 0 radical (unpaired) electrons. The van der Waals surface area contributed by atoms with Gasteiger partial charge in [-0.25, -0.2) is 0 Å². The van der Waals surface area contributed by atoms with Gasteiger partial charge in [-0.15, -0.1) is 11.3 Å². The van der Waals surface area contributed by atoms with E-state index in [0.29, 0.717) is 0 Å². The Bertz CT molecular complexity index is 239. The lowest BCUT2D eigenvalue weighted by Crippen LogP contribution is -2.08. The van der Waals surface area contributed by atoms with E-state index in [-0.39, 0.29) is 12.6 Å². The second-order valence-corrected chi connectivity index (χ2v) is 5.11. The third-order valence-electron chi connectivity index (χ3n) is 1.63. The molecular weight excluding hydrogens is 238 g/mol. The highest BCUT2D eigenvalue weighted by Gasteiger charge is 2.07. The Hall–Kier alpha value is 0.1000. The summed E-state index contributed by atoms with van der Waals surface area (Å²) in [7, 11) is 0. The average Bonchev–Trinajstić information content (AvgIpc) is 2.47. The van der Waals surface area contributed by atoms with Gasteiger partial charge in [0.05, 0.1) is 3.79 Å². The van der Waals surface area contributed by atoms with E-state index in [1.54, 1.807) is 11.3 Å². The molecule has 0 amide bonds. The highest BCUT2D eigenvalue weighted by Crippen LogP contribution is 2.27. The van der Waals surface area contributed by atoms with Crippen LogP contribution < -0.4 is 5.73 Å². The van der Waals surface area contributed by atoms with Crippen molar-refractivity contribution in [3.63, 3.8) is 0 Å². The van der Waals surface area contributed by atoms with Gasteiger partial charge in [0.15, 0.2) is 0 Å². The molecule has 1 rings (SSSR count). The zero-order chi connectivity index (χ0) is 8.97. The van der Waals surface area contributed by atoms with Gasteiger partial charge in [-0.05, 0) is 40.9 Å². The summed E-state index contributed by atoms with van der Waals surface area (Å²) in [6, 6.07) is 4.10. The van der Waals surface area contributed by atoms with E-state index in [4.69, 9.17) is 10.8 Å². The first-order valence-electron chi connectivity index (χ1n) is 3.85. The summed E-state index contributed by atoms with van der Waals surface area (Å²) in [5.41, 5.74) is 5.87. The first-order chi connectivity index (χ1) is 5.74. The van der Waals surface area contributed by atoms with Gasteiger partial charge in [0.2, 0.25) is 0 Å². The summed E-state index contributed by atoms with van der Waals surface area (Å²) >= 11 is 5.04. The fourth-order valence-electron chi connectivity index (χ4n) is 0.981. The van der Waals surface area contributed by atoms with Crippen LogP contribution in [0.2, 0.25) is 0 Å². The maximum atomic E-state index is 8.61. The predicted octanol–water partition coefficient (Wildman–Crippen LogP) is 2.28. The van der Waals surface area contributed by atoms with Crippen LogP contribution in [0.4, 0.5) is 0 Å². The monoisotopic (exact) mass is 249 g/mol. The molecular formula is C8H12BrNOS. The molecule has 0 aliphatic heterocycles. The second-order valence-electron chi connectivity index (χ2n) is 2.61. The van der Waals surface area contributed by atoms with Crippen molar-refractivity contribution in [1.82, 2.24) is 0 Å². The number of nitrogens with two attached hydrogens (primary N) is 1. The van der Waals surface area contributed by atoms with E-state index in [2.05, 4.69) is 15.9 Å². The van der Waals surface area contributed by atoms with Crippen molar-refractivity contribution in [2.75, 3.05) is 6.61 Å². The summed E-state index contributed by atoms with van der Waals surface area (Å²) in [6.07, 6.45) is 1.63. The van der Waals surface area contributed by atoms with Crippen molar-refractivity contribution < 1.29 is 5.11 Å². The molecule has 0 fully saturated rings. The highest BCUT2D eigenvalue weighted by atomic mass is 79.9. The minimum atomic E-state index is 0.0773. The molecule has 0 spiro atoms. The fourth-order valence-corrected chi connectivity index (χ4v) is 2.44. The van der Waals surface area contributed by atoms with Gasteiger partial charge in [0.1, 0.15) is 0 Å². The van der Waals surface area contributed by atoms with E-state index < -0.39 is 0 Å². The maximum absolute atomic E-state index is 8.61. The van der Waals surface area contributed by atoms with Crippen molar-refractivity contribution in [1.29, 1.82) is 0 Å². The molecule has 1 aromatic heterocycles. The number of thiophene rings is 1. The lowest BCUT2D eigenvalue weighted by Gasteiger charge is -2.06. The van der Waals surface area contributed by atoms with Crippen LogP contribution in [-0.4, -0.2) is 11.7 Å². The number of rotatable bonds is 4. The first-order valence-corrected chi connectivity index (χ1v) is 5.46. The molecule has 12 heavy (non-hydrogen) atoms. The van der Waals surface area contributed by atoms with Crippen LogP contribution in [0.5, 0.6) is 0 Å². The maximum Gasteiger partial charge on any atom is 0.0701 e. The fraction of sp³-hybridized carbons (Fsp3) is 0.500. The van der Waals surface area contributed by atoms with E-state index >= 15 is 0 Å². The quantitative estimate of drug-likeness (QED) is 0.861. The number of aliphatic hydroxyl groups excluding tert-OH is 1. The molecule has 0 aliphatic rings. The average molecular weight is 250 g/mol. The van der Waals surface area contributed by atoms with Crippen molar-refractivity contribution in [3.8, 4) is 0 Å². The van der Waals surface area contributed by atoms with E-state index in [1.165, 1.54) is 4.88 Å². The third-order valence-corrected chi connectivity index (χ3v) is 3.39. The van der Waals surface area contributed by atoms with Gasteiger partial charge in [-0.2, -0.15) is 0 Å². The van der Waals surface area contributed by atoms with Crippen LogP contribution in [0.15, 0.2) is 15.9 Å². The smallest absolute Gasteiger partial charge is 0.0701 e. The lowest BCUT2D eigenvalue weighted by atomic mass is 10.1. The Balaban J connectivity index is 2.47. The molecule has 1 aromatic rings. The second kappa shape index (κ2) is 4.97. The molecule has 0 saturated carbocycles. The minimum Gasteiger partial charge on any atom is -0.396 e. The predicted molar refractivity (Wildman–Crippen MR) is 55.3 cm³/mol. The molecule has 1 atom stereocenters. The molecule has 0 saturated heterocycles. The molecule has 0 unspecified atom stereocenters. The summed E-state index contributed by atoms with van der Waals surface area (Å²) < 4.78 is 1.11. The number of aliphatic hydroxyl groups is 1. The first kappa shape index (κ1) is 10.2. The molecule has 0 aliphatic carbocycles. The van der Waals surface area contributed by atoms with Gasteiger partial charge < -0.3 is 10.8 Å². The molecule has 4 heteroatoms. The summed E-state index contributed by atoms with van der Waals surface area (Å²) in [5, 5.41) is 8.61. The zero-order valence-corrected chi connectivity index (χ0v) is 9.07. The van der Waals surface area contributed by atoms with Crippen molar-refractivity contribution in [3.05, 3.63) is 20.8 Å². The number of hydrogen-bond acceptors (Lipinski definition) is 3. The van der Waals surface area contributed by atoms with Crippen molar-refractivity contribution in [2.24, 2.45) is 5.73 Å². The van der Waals surface area contributed by atoms with Gasteiger partial charge in [-0.1, -0.05) is 0 Å². The van der Waals surface area contributed by atoms with Crippen LogP contribution in [0.25, 0.3) is 0 Å². The molecule has 1 heterocycles. The van der Waals surface area contributed by atoms with Crippen LogP contribution in [0, 0.1) is 0 Å². The van der Waals surface area contributed by atoms with Gasteiger partial charge in [0.25, 0.3) is 0 Å². The number of halogens is 1. The Morgan fingerprint density at radius 2 is 2.33 bits per heavy atom. The highest BCUT2D eigenvalue weighted by molar-refractivity contribution is 9.11. The Morgan fingerprint density at radius 3 is 2.83 bits per heavy atom. The molecule has 3 N–H and O–H groups in total. The van der Waals surface area contributed by atoms with Crippen LogP contribution in [-0.2, 0) is 0 Å². The minimum absolute atomic E-state index is 0.0773. The zero-order valence-electron chi connectivity index (χ0n) is 6.66. The normalized spacial score (nSPS) is 13.2. The van der Waals surface area contributed by atoms with Crippen molar-refractivity contribution in [2.45, 2.75) is 18.9 Å². The molecule has 0 aromatic carbocycles. The van der Waals surface area contributed by atoms with E-state index in [1.807, 2.05) is 12.1 Å². The third kappa shape index (κ3) is 2.86. The molecule has 2 nitrogen and oxygen atoms in total. The van der Waals surface area contributed by atoms with E-state index in [9.17, 15) is 0 Å². The largest absolute Gasteiger partial charge is 0.396 e. The number of hydrogen-bond donors (Lipinski definition) is 2. The summed E-state index contributed by atoms with van der Waals surface area (Å²) in [5.74, 6) is 0.